The van der Waals surface area contributed by atoms with E-state index in [0.717, 1.165) is 11.3 Å². The van der Waals surface area contributed by atoms with Gasteiger partial charge >= 0.3 is 0 Å². The first-order valence-electron chi connectivity index (χ1n) is 7.73. The summed E-state index contributed by atoms with van der Waals surface area (Å²) in [6.07, 6.45) is 2.92. The second-order valence-electron chi connectivity index (χ2n) is 5.78. The normalized spacial score (nSPS) is 11.1. The van der Waals surface area contributed by atoms with Crippen LogP contribution in [0.4, 0.5) is 11.6 Å². The number of hydrogen-bond acceptors (Lipinski definition) is 6. The SMILES string of the molecule is Cc1cc(Cl)c(-c2nc3ncnc(Nc4cc(C)ncn4)c3[nH]2)c(Cl)c1. The zero-order chi connectivity index (χ0) is 18.3. The average molecular weight is 386 g/mol. The van der Waals surface area contributed by atoms with Gasteiger partial charge in [0.1, 0.15) is 29.8 Å². The van der Waals surface area contributed by atoms with Gasteiger partial charge in [-0.2, -0.15) is 0 Å². The number of rotatable bonds is 3. The van der Waals surface area contributed by atoms with Gasteiger partial charge in [-0.1, -0.05) is 23.2 Å². The van der Waals surface area contributed by atoms with Crippen molar-refractivity contribution in [2.24, 2.45) is 0 Å². The summed E-state index contributed by atoms with van der Waals surface area (Å²) in [5, 5.41) is 4.18. The predicted octanol–water partition coefficient (Wildman–Crippen LogP) is 4.48. The molecule has 9 heteroatoms. The molecule has 3 heterocycles. The number of nitrogens with one attached hydrogen (secondary N) is 2. The van der Waals surface area contributed by atoms with E-state index in [4.69, 9.17) is 23.2 Å². The van der Waals surface area contributed by atoms with Gasteiger partial charge in [-0.15, -0.1) is 0 Å². The number of hydrogen-bond donors (Lipinski definition) is 2. The summed E-state index contributed by atoms with van der Waals surface area (Å²) in [6.45, 7) is 3.81. The lowest BCUT2D eigenvalue weighted by Crippen LogP contribution is -1.98. The second kappa shape index (κ2) is 6.51. The Morgan fingerprint density at radius 1 is 0.923 bits per heavy atom. The summed E-state index contributed by atoms with van der Waals surface area (Å²) in [5.41, 5.74) is 3.57. The maximum absolute atomic E-state index is 6.37. The summed E-state index contributed by atoms with van der Waals surface area (Å²) < 4.78 is 0. The van der Waals surface area contributed by atoms with Gasteiger partial charge < -0.3 is 10.3 Å². The molecule has 1 aromatic carbocycles. The molecule has 0 radical (unpaired) electrons. The molecular weight excluding hydrogens is 373 g/mol. The largest absolute Gasteiger partial charge is 0.333 e. The van der Waals surface area contributed by atoms with Crippen molar-refractivity contribution in [1.29, 1.82) is 0 Å². The number of aromatic nitrogens is 6. The lowest BCUT2D eigenvalue weighted by atomic mass is 10.1. The van der Waals surface area contributed by atoms with Gasteiger partial charge in [0.15, 0.2) is 11.5 Å². The number of benzene rings is 1. The monoisotopic (exact) mass is 385 g/mol. The smallest absolute Gasteiger partial charge is 0.183 e. The number of anilines is 2. The van der Waals surface area contributed by atoms with E-state index in [9.17, 15) is 0 Å². The van der Waals surface area contributed by atoms with Gasteiger partial charge in [-0.3, -0.25) is 0 Å². The molecule has 0 atom stereocenters. The molecule has 0 unspecified atom stereocenters. The Labute approximate surface area is 158 Å². The number of aryl methyl sites for hydroxylation is 2. The summed E-state index contributed by atoms with van der Waals surface area (Å²) >= 11 is 12.7. The summed E-state index contributed by atoms with van der Waals surface area (Å²) in [6, 6.07) is 5.49. The molecule has 7 nitrogen and oxygen atoms in total. The lowest BCUT2D eigenvalue weighted by molar-refractivity contribution is 1.10. The molecule has 0 aliphatic heterocycles. The number of halogens is 2. The maximum Gasteiger partial charge on any atom is 0.183 e. The number of nitrogens with zero attached hydrogens (tertiary/aromatic N) is 5. The number of imidazole rings is 1. The Morgan fingerprint density at radius 3 is 2.38 bits per heavy atom. The fraction of sp³-hybridized carbons (Fsp3) is 0.118. The summed E-state index contributed by atoms with van der Waals surface area (Å²) in [4.78, 5) is 24.5. The Bertz CT molecular complexity index is 1100. The van der Waals surface area contributed by atoms with Crippen LogP contribution >= 0.6 is 23.2 Å². The van der Waals surface area contributed by atoms with E-state index in [2.05, 4.69) is 35.2 Å². The summed E-state index contributed by atoms with van der Waals surface area (Å²) in [5.74, 6) is 1.70. The minimum Gasteiger partial charge on any atom is -0.333 e. The van der Waals surface area contributed by atoms with Gasteiger partial charge in [0, 0.05) is 11.8 Å². The zero-order valence-electron chi connectivity index (χ0n) is 13.9. The third kappa shape index (κ3) is 3.07. The van der Waals surface area contributed by atoms with E-state index in [1.165, 1.54) is 12.7 Å². The van der Waals surface area contributed by atoms with E-state index in [-0.39, 0.29) is 0 Å². The van der Waals surface area contributed by atoms with Crippen LogP contribution in [0.5, 0.6) is 0 Å². The Balaban J connectivity index is 1.81. The van der Waals surface area contributed by atoms with E-state index in [0.29, 0.717) is 44.2 Å². The van der Waals surface area contributed by atoms with E-state index in [1.54, 1.807) is 0 Å². The van der Waals surface area contributed by atoms with Crippen molar-refractivity contribution in [2.45, 2.75) is 13.8 Å². The van der Waals surface area contributed by atoms with E-state index >= 15 is 0 Å². The van der Waals surface area contributed by atoms with Crippen molar-refractivity contribution >= 4 is 46.0 Å². The highest BCUT2D eigenvalue weighted by molar-refractivity contribution is 6.39. The highest BCUT2D eigenvalue weighted by Gasteiger charge is 2.16. The van der Waals surface area contributed by atoms with E-state index < -0.39 is 0 Å². The molecule has 0 saturated heterocycles. The standard InChI is InChI=1S/C17H13Cl2N7/c1-8-3-10(18)13(11(19)4-8)15-25-14-16(22-7-23-17(14)26-15)24-12-5-9(2)20-6-21-12/h3-7H,1-2H3,(H2,20,21,22,23,24,25,26). The van der Waals surface area contributed by atoms with Crippen molar-refractivity contribution < 1.29 is 0 Å². The molecule has 0 aliphatic rings. The molecule has 0 bridgehead atoms. The minimum atomic E-state index is 0.496. The molecule has 0 saturated carbocycles. The van der Waals surface area contributed by atoms with Crippen LogP contribution in [0.3, 0.4) is 0 Å². The van der Waals surface area contributed by atoms with Crippen LogP contribution in [0, 0.1) is 13.8 Å². The molecule has 0 spiro atoms. The predicted molar refractivity (Wildman–Crippen MR) is 102 cm³/mol. The minimum absolute atomic E-state index is 0.496. The molecule has 0 amide bonds. The third-order valence-corrected chi connectivity index (χ3v) is 4.36. The van der Waals surface area contributed by atoms with Crippen molar-refractivity contribution in [1.82, 2.24) is 29.9 Å². The molecule has 3 aromatic heterocycles. The van der Waals surface area contributed by atoms with Crippen LogP contribution in [0.15, 0.2) is 30.9 Å². The zero-order valence-corrected chi connectivity index (χ0v) is 15.4. The van der Waals surface area contributed by atoms with Gasteiger partial charge in [-0.05, 0) is 31.5 Å². The molecule has 0 aliphatic carbocycles. The molecule has 26 heavy (non-hydrogen) atoms. The molecule has 0 fully saturated rings. The first-order chi connectivity index (χ1) is 12.5. The highest BCUT2D eigenvalue weighted by atomic mass is 35.5. The Hall–Kier alpha value is -2.77. The first-order valence-corrected chi connectivity index (χ1v) is 8.49. The van der Waals surface area contributed by atoms with Crippen LogP contribution in [-0.2, 0) is 0 Å². The van der Waals surface area contributed by atoms with Gasteiger partial charge in [-0.25, -0.2) is 24.9 Å². The van der Waals surface area contributed by atoms with Gasteiger partial charge in [0.2, 0.25) is 0 Å². The molecule has 2 N–H and O–H groups in total. The van der Waals surface area contributed by atoms with Crippen molar-refractivity contribution in [3.63, 3.8) is 0 Å². The summed E-state index contributed by atoms with van der Waals surface area (Å²) in [7, 11) is 0. The third-order valence-electron chi connectivity index (χ3n) is 3.76. The van der Waals surface area contributed by atoms with E-state index in [1.807, 2.05) is 32.0 Å². The maximum atomic E-state index is 6.37. The fourth-order valence-electron chi connectivity index (χ4n) is 2.61. The first kappa shape index (κ1) is 16.7. The molecule has 130 valence electrons. The molecular formula is C17H13Cl2N7. The van der Waals surface area contributed by atoms with Crippen molar-refractivity contribution in [3.8, 4) is 11.4 Å². The van der Waals surface area contributed by atoms with Crippen LogP contribution in [-0.4, -0.2) is 29.9 Å². The van der Waals surface area contributed by atoms with Crippen molar-refractivity contribution in [2.75, 3.05) is 5.32 Å². The van der Waals surface area contributed by atoms with Crippen molar-refractivity contribution in [3.05, 3.63) is 52.2 Å². The fourth-order valence-corrected chi connectivity index (χ4v) is 3.39. The van der Waals surface area contributed by atoms with Gasteiger partial charge in [0.05, 0.1) is 15.6 Å². The lowest BCUT2D eigenvalue weighted by Gasteiger charge is -2.06. The Kier molecular flexibility index (Phi) is 4.18. The van der Waals surface area contributed by atoms with Crippen LogP contribution in [0.25, 0.3) is 22.6 Å². The average Bonchev–Trinajstić information content (AvgIpc) is 2.98. The molecule has 4 rings (SSSR count). The topological polar surface area (TPSA) is 92.3 Å². The second-order valence-corrected chi connectivity index (χ2v) is 6.59. The Morgan fingerprint density at radius 2 is 1.65 bits per heavy atom. The van der Waals surface area contributed by atoms with Crippen LogP contribution < -0.4 is 5.32 Å². The highest BCUT2D eigenvalue weighted by Crippen LogP contribution is 2.35. The number of fused-ring (bicyclic) bond motifs is 1. The number of aromatic amines is 1. The van der Waals surface area contributed by atoms with Crippen LogP contribution in [0.2, 0.25) is 10.0 Å². The van der Waals surface area contributed by atoms with Crippen LogP contribution in [0.1, 0.15) is 11.3 Å². The number of H-pyrrole nitrogens is 1. The van der Waals surface area contributed by atoms with Gasteiger partial charge in [0.25, 0.3) is 0 Å². The molecule has 4 aromatic rings. The quantitative estimate of drug-likeness (QED) is 0.540.